The molecule has 0 bridgehead atoms. The van der Waals surface area contributed by atoms with Gasteiger partial charge in [0.1, 0.15) is 4.88 Å². The molecule has 3 rings (SSSR count). The Morgan fingerprint density at radius 3 is 2.39 bits per heavy atom. The summed E-state index contributed by atoms with van der Waals surface area (Å²) in [5, 5.41) is 0. The van der Waals surface area contributed by atoms with E-state index in [0.717, 1.165) is 29.5 Å². The Hall–Kier alpha value is -0.960. The highest BCUT2D eigenvalue weighted by Gasteiger charge is 2.39. The van der Waals surface area contributed by atoms with Crippen LogP contribution in [-0.2, 0) is 19.0 Å². The molecule has 1 saturated carbocycles. The fourth-order valence-electron chi connectivity index (χ4n) is 3.80. The Morgan fingerprint density at radius 1 is 1.21 bits per heavy atom. The van der Waals surface area contributed by atoms with Crippen molar-refractivity contribution in [2.75, 3.05) is 25.2 Å². The number of anilines is 1. The maximum absolute atomic E-state index is 13.6. The van der Waals surface area contributed by atoms with Crippen LogP contribution in [0.25, 0.3) is 0 Å². The summed E-state index contributed by atoms with van der Waals surface area (Å²) in [7, 11) is 1.35. The zero-order valence-corrected chi connectivity index (χ0v) is 19.2. The van der Waals surface area contributed by atoms with Gasteiger partial charge < -0.3 is 19.1 Å². The van der Waals surface area contributed by atoms with Gasteiger partial charge in [0.2, 0.25) is 5.91 Å². The van der Waals surface area contributed by atoms with E-state index < -0.39 is 11.8 Å². The van der Waals surface area contributed by atoms with Crippen LogP contribution >= 0.6 is 27.3 Å². The first kappa shape index (κ1) is 21.7. The quantitative estimate of drug-likeness (QED) is 0.597. The van der Waals surface area contributed by atoms with Crippen LogP contribution in [0.3, 0.4) is 0 Å². The number of amides is 1. The van der Waals surface area contributed by atoms with Crippen molar-refractivity contribution in [2.24, 2.45) is 11.8 Å². The van der Waals surface area contributed by atoms with E-state index in [2.05, 4.69) is 22.9 Å². The summed E-state index contributed by atoms with van der Waals surface area (Å²) in [6.07, 6.45) is 3.84. The van der Waals surface area contributed by atoms with E-state index >= 15 is 0 Å². The molecule has 2 heterocycles. The van der Waals surface area contributed by atoms with Crippen molar-refractivity contribution < 1.29 is 23.8 Å². The second-order valence-electron chi connectivity index (χ2n) is 8.10. The summed E-state index contributed by atoms with van der Waals surface area (Å²) in [4.78, 5) is 28.1. The molecule has 0 atom stereocenters. The smallest absolute Gasteiger partial charge is 0.350 e. The van der Waals surface area contributed by atoms with E-state index in [1.165, 1.54) is 18.4 Å². The third-order valence-corrected chi connectivity index (χ3v) is 7.13. The fourth-order valence-corrected chi connectivity index (χ4v) is 5.30. The number of esters is 1. The molecule has 28 heavy (non-hydrogen) atoms. The summed E-state index contributed by atoms with van der Waals surface area (Å²) in [5.41, 5.74) is 0.573. The first-order chi connectivity index (χ1) is 13.2. The Morgan fingerprint density at radius 2 is 1.82 bits per heavy atom. The summed E-state index contributed by atoms with van der Waals surface area (Å²) in [6.45, 7) is 6.67. The molecule has 1 amide bonds. The highest BCUT2D eigenvalue weighted by atomic mass is 79.9. The van der Waals surface area contributed by atoms with Gasteiger partial charge >= 0.3 is 5.97 Å². The van der Waals surface area contributed by atoms with Crippen molar-refractivity contribution in [3.8, 4) is 0 Å². The summed E-state index contributed by atoms with van der Waals surface area (Å²) in [5.74, 6) is -0.472. The molecule has 8 heteroatoms. The van der Waals surface area contributed by atoms with Crippen LogP contribution < -0.4 is 4.90 Å². The third-order valence-electron chi connectivity index (χ3n) is 5.53. The van der Waals surface area contributed by atoms with Crippen molar-refractivity contribution in [1.29, 1.82) is 0 Å². The number of methoxy groups -OCH3 is 1. The number of thiophene rings is 1. The molecular formula is C20H28BrNO5S. The Kier molecular flexibility index (Phi) is 6.84. The molecule has 0 N–H and O–H groups in total. The normalized spacial score (nSPS) is 25.3. The van der Waals surface area contributed by atoms with Crippen LogP contribution in [0.5, 0.6) is 0 Å². The third kappa shape index (κ3) is 4.78. The molecule has 1 saturated heterocycles. The molecule has 0 unspecified atom stereocenters. The zero-order valence-electron chi connectivity index (χ0n) is 16.8. The van der Waals surface area contributed by atoms with Crippen LogP contribution in [0.1, 0.15) is 56.1 Å². The lowest BCUT2D eigenvalue weighted by Gasteiger charge is -2.41. The number of carbonyl (C=O) groups excluding carboxylic acids is 2. The van der Waals surface area contributed by atoms with Gasteiger partial charge in [0.15, 0.2) is 5.79 Å². The minimum atomic E-state index is -0.675. The lowest BCUT2D eigenvalue weighted by molar-refractivity contribution is -0.250. The van der Waals surface area contributed by atoms with E-state index in [9.17, 15) is 9.59 Å². The Labute approximate surface area is 178 Å². The monoisotopic (exact) mass is 473 g/mol. The van der Waals surface area contributed by atoms with Crippen LogP contribution in [0.4, 0.5) is 5.69 Å². The average Bonchev–Trinajstić information content (AvgIpc) is 3.04. The molecule has 1 aromatic rings. The van der Waals surface area contributed by atoms with E-state index in [1.54, 1.807) is 4.90 Å². The molecular weight excluding hydrogens is 446 g/mol. The average molecular weight is 474 g/mol. The number of rotatable bonds is 4. The predicted molar refractivity (Wildman–Crippen MR) is 112 cm³/mol. The van der Waals surface area contributed by atoms with Gasteiger partial charge in [-0.05, 0) is 67.4 Å². The van der Waals surface area contributed by atoms with Crippen LogP contribution in [0.15, 0.2) is 9.85 Å². The fraction of sp³-hybridized carbons (Fsp3) is 0.700. The Balaban J connectivity index is 1.93. The minimum absolute atomic E-state index is 0.0410. The standard InChI is InChI=1S/C20H28BrNO5S/c1-12-5-7-13(8-6-12)18(23)22(14-10-26-20(2,3)27-11-14)15-9-16(21)28-17(15)19(24)25-4/h9,12-14H,5-8,10-11H2,1-4H3. The van der Waals surface area contributed by atoms with E-state index in [4.69, 9.17) is 14.2 Å². The lowest BCUT2D eigenvalue weighted by Crippen LogP contribution is -2.54. The zero-order chi connectivity index (χ0) is 20.5. The number of carbonyl (C=O) groups is 2. The molecule has 2 fully saturated rings. The number of nitrogens with zero attached hydrogens (tertiary/aromatic N) is 1. The van der Waals surface area contributed by atoms with E-state index in [-0.39, 0.29) is 17.9 Å². The van der Waals surface area contributed by atoms with Gasteiger partial charge in [0.05, 0.1) is 35.8 Å². The van der Waals surface area contributed by atoms with E-state index in [0.29, 0.717) is 29.7 Å². The molecule has 0 spiro atoms. The highest BCUT2D eigenvalue weighted by Crippen LogP contribution is 2.39. The lowest BCUT2D eigenvalue weighted by atomic mass is 9.82. The van der Waals surface area contributed by atoms with Gasteiger partial charge in [0, 0.05) is 5.92 Å². The van der Waals surface area contributed by atoms with Gasteiger partial charge in [-0.1, -0.05) is 6.92 Å². The number of halogens is 1. The molecule has 0 radical (unpaired) electrons. The molecule has 156 valence electrons. The Bertz CT molecular complexity index is 716. The molecule has 2 aliphatic rings. The highest BCUT2D eigenvalue weighted by molar-refractivity contribution is 9.11. The maximum Gasteiger partial charge on any atom is 0.350 e. The van der Waals surface area contributed by atoms with Crippen molar-refractivity contribution in [1.82, 2.24) is 0 Å². The molecule has 1 aliphatic carbocycles. The number of hydrogen-bond donors (Lipinski definition) is 0. The predicted octanol–water partition coefficient (Wildman–Crippen LogP) is 4.61. The second-order valence-corrected chi connectivity index (χ2v) is 10.5. The van der Waals surface area contributed by atoms with Gasteiger partial charge in [-0.3, -0.25) is 4.79 Å². The SMILES string of the molecule is COC(=O)c1sc(Br)cc1N(C(=O)C1CCC(C)CC1)C1COC(C)(C)OC1. The largest absolute Gasteiger partial charge is 0.465 e. The topological polar surface area (TPSA) is 65.1 Å². The van der Waals surface area contributed by atoms with Gasteiger partial charge in [-0.25, -0.2) is 4.79 Å². The first-order valence-electron chi connectivity index (χ1n) is 9.70. The van der Waals surface area contributed by atoms with Crippen molar-refractivity contribution >= 4 is 44.8 Å². The number of hydrogen-bond acceptors (Lipinski definition) is 6. The molecule has 6 nitrogen and oxygen atoms in total. The molecule has 0 aromatic carbocycles. The summed E-state index contributed by atoms with van der Waals surface area (Å²) < 4.78 is 17.4. The van der Waals surface area contributed by atoms with Crippen molar-refractivity contribution in [2.45, 2.75) is 58.3 Å². The maximum atomic E-state index is 13.6. The van der Waals surface area contributed by atoms with Crippen molar-refractivity contribution in [3.05, 3.63) is 14.7 Å². The van der Waals surface area contributed by atoms with Gasteiger partial charge in [0.25, 0.3) is 0 Å². The molecule has 1 aromatic heterocycles. The van der Waals surface area contributed by atoms with Crippen LogP contribution in [0, 0.1) is 11.8 Å². The van der Waals surface area contributed by atoms with Gasteiger partial charge in [-0.2, -0.15) is 0 Å². The number of ether oxygens (including phenoxy) is 3. The first-order valence-corrected chi connectivity index (χ1v) is 11.3. The summed E-state index contributed by atoms with van der Waals surface area (Å²) in [6, 6.07) is 1.53. The minimum Gasteiger partial charge on any atom is -0.465 e. The van der Waals surface area contributed by atoms with E-state index in [1.807, 2.05) is 19.9 Å². The van der Waals surface area contributed by atoms with Crippen LogP contribution in [0.2, 0.25) is 0 Å². The second kappa shape index (κ2) is 8.81. The van der Waals surface area contributed by atoms with Gasteiger partial charge in [-0.15, -0.1) is 11.3 Å². The summed E-state index contributed by atoms with van der Waals surface area (Å²) >= 11 is 4.72. The molecule has 1 aliphatic heterocycles. The van der Waals surface area contributed by atoms with Crippen LogP contribution in [-0.4, -0.2) is 44.0 Å². The van der Waals surface area contributed by atoms with Crippen molar-refractivity contribution in [3.63, 3.8) is 0 Å².